The Bertz CT molecular complexity index is 4840. The largest absolute Gasteiger partial charge is 0.393 e. The molecule has 3 aromatic carbocycles. The Morgan fingerprint density at radius 3 is 1.11 bits per heavy atom. The number of rotatable bonds is 5. The third-order valence-corrected chi connectivity index (χ3v) is 37.6. The number of carbonyl (C=O) groups is 2. The van der Waals surface area contributed by atoms with Gasteiger partial charge in [0, 0.05) is 54.9 Å². The van der Waals surface area contributed by atoms with Gasteiger partial charge in [0.15, 0.2) is 0 Å². The summed E-state index contributed by atoms with van der Waals surface area (Å²) in [6.07, 6.45) is 58.3. The predicted molar refractivity (Wildman–Crippen MR) is 458 cm³/mol. The van der Waals surface area contributed by atoms with Crippen molar-refractivity contribution in [3.8, 4) is 0 Å². The van der Waals surface area contributed by atoms with E-state index in [9.17, 15) is 14.7 Å². The lowest BCUT2D eigenvalue weighted by Gasteiger charge is -2.57. The van der Waals surface area contributed by atoms with Crippen molar-refractivity contribution in [1.29, 1.82) is 0 Å². The monoisotopic (exact) mass is 1520 g/mol. The summed E-state index contributed by atoms with van der Waals surface area (Å²) in [5, 5.41) is 11.1. The van der Waals surface area contributed by atoms with E-state index in [1.165, 1.54) is 169 Å². The third-order valence-electron chi connectivity index (χ3n) is 36.9. The number of hydrogen-bond donors (Lipinski definition) is 1. The number of benzene rings is 3. The summed E-state index contributed by atoms with van der Waals surface area (Å²) >= 11 is 6.65. The average Bonchev–Trinajstić information content (AvgIpc) is 1.60. The van der Waals surface area contributed by atoms with E-state index in [-0.39, 0.29) is 27.8 Å². The molecule has 0 saturated heterocycles. The van der Waals surface area contributed by atoms with Crippen LogP contribution in [-0.4, -0.2) is 52.4 Å². The van der Waals surface area contributed by atoms with E-state index in [2.05, 4.69) is 209 Å². The summed E-state index contributed by atoms with van der Waals surface area (Å²) in [4.78, 5) is 37.8. The van der Waals surface area contributed by atoms with Crippen LogP contribution in [0.4, 0.5) is 0 Å². The van der Waals surface area contributed by atoms with Crippen LogP contribution < -0.4 is 0 Å². The number of halogens is 1. The van der Waals surface area contributed by atoms with Crippen molar-refractivity contribution < 1.29 is 14.7 Å². The van der Waals surface area contributed by atoms with Gasteiger partial charge in [0.05, 0.1) is 39.2 Å². The van der Waals surface area contributed by atoms with Gasteiger partial charge in [-0.1, -0.05) is 183 Å². The number of allylic oxidation sites excluding steroid dienone is 15. The maximum absolute atomic E-state index is 12.3. The molecule has 0 amide bonds. The fourth-order valence-electron chi connectivity index (χ4n) is 30.4. The van der Waals surface area contributed by atoms with E-state index < -0.39 is 0 Å². The summed E-state index contributed by atoms with van der Waals surface area (Å²) in [6, 6.07) is 25.4. The summed E-state index contributed by atoms with van der Waals surface area (Å²) in [5.74, 6) is 11.4. The molecule has 1 N–H and O–H groups in total. The minimum absolute atomic E-state index is 0.0462. The first kappa shape index (κ1) is 75.6. The van der Waals surface area contributed by atoms with Crippen molar-refractivity contribution in [1.82, 2.24) is 28.7 Å². The van der Waals surface area contributed by atoms with Crippen LogP contribution in [0.1, 0.15) is 256 Å². The number of para-hydroxylation sites is 6. The van der Waals surface area contributed by atoms with Crippen LogP contribution in [-0.2, 0) is 9.59 Å². The molecule has 112 heavy (non-hydrogen) atoms. The molecule has 16 aliphatic rings. The zero-order valence-corrected chi connectivity index (χ0v) is 70.4. The Morgan fingerprint density at radius 1 is 0.357 bits per heavy atom. The molecule has 16 aliphatic carbocycles. The molecule has 0 radical (unpaired) electrons. The zero-order chi connectivity index (χ0) is 77.4. The van der Waals surface area contributed by atoms with E-state index in [0.29, 0.717) is 45.3 Å². The summed E-state index contributed by atoms with van der Waals surface area (Å²) in [7, 11) is 0. The second kappa shape index (κ2) is 27.9. The van der Waals surface area contributed by atoms with Gasteiger partial charge < -0.3 is 18.8 Å². The first-order valence-corrected chi connectivity index (χ1v) is 45.4. The van der Waals surface area contributed by atoms with Crippen LogP contribution in [0.15, 0.2) is 167 Å². The molecular formula is C102H129ClN6O3. The molecule has 12 unspecified atom stereocenters. The highest BCUT2D eigenvalue weighted by molar-refractivity contribution is 6.32. The Hall–Kier alpha value is -6.42. The number of aromatic nitrogens is 6. The molecule has 0 spiro atoms. The third kappa shape index (κ3) is 11.5. The molecular weight excluding hydrogens is 1390 g/mol. The van der Waals surface area contributed by atoms with Crippen LogP contribution >= 0.6 is 11.6 Å². The van der Waals surface area contributed by atoms with Gasteiger partial charge in [-0.25, -0.2) is 15.0 Å². The maximum atomic E-state index is 12.3. The average molecular weight is 1520 g/mol. The van der Waals surface area contributed by atoms with Crippen molar-refractivity contribution >= 4 is 74.4 Å². The summed E-state index contributed by atoms with van der Waals surface area (Å²) in [5.41, 5.74) is 22.0. The lowest BCUT2D eigenvalue weighted by Crippen LogP contribution is -2.50. The fourth-order valence-corrected chi connectivity index (χ4v) is 30.8. The fraction of sp³-hybridized carbons (Fsp3) is 0.618. The predicted octanol–water partition coefficient (Wildman–Crippen LogP) is 25.4. The Labute approximate surface area is 674 Å². The van der Waals surface area contributed by atoms with Gasteiger partial charge in [-0.2, -0.15) is 0 Å². The molecule has 3 heterocycles. The molecule has 8 fully saturated rings. The van der Waals surface area contributed by atoms with Gasteiger partial charge in [0.1, 0.15) is 31.6 Å². The van der Waals surface area contributed by atoms with Crippen LogP contribution in [0.25, 0.3) is 50.2 Å². The molecule has 8 saturated carbocycles. The molecule has 22 rings (SSSR count). The van der Waals surface area contributed by atoms with E-state index in [1.807, 2.05) is 24.3 Å². The van der Waals surface area contributed by atoms with Crippen molar-refractivity contribution in [3.63, 3.8) is 0 Å². The lowest BCUT2D eigenvalue weighted by molar-refractivity contribution is -0.105. The van der Waals surface area contributed by atoms with Gasteiger partial charge in [-0.05, 0) is 327 Å². The molecule has 6 aromatic rings. The minimum atomic E-state index is -0.117. The molecule has 24 atom stereocenters. The van der Waals surface area contributed by atoms with E-state index >= 15 is 0 Å². The van der Waals surface area contributed by atoms with Gasteiger partial charge in [-0.3, -0.25) is 9.59 Å². The lowest BCUT2D eigenvalue weighted by atomic mass is 9.47. The number of aldehydes is 2. The van der Waals surface area contributed by atoms with Crippen molar-refractivity contribution in [2.45, 2.75) is 262 Å². The van der Waals surface area contributed by atoms with Crippen LogP contribution in [0.2, 0.25) is 0 Å². The van der Waals surface area contributed by atoms with Gasteiger partial charge >= 0.3 is 0 Å². The first-order valence-electron chi connectivity index (χ1n) is 45.0. The van der Waals surface area contributed by atoms with Crippen molar-refractivity contribution in [2.75, 3.05) is 0 Å². The number of carbonyl (C=O) groups excluding carboxylic acids is 2. The smallest absolute Gasteiger partial charge is 0.147 e. The number of nitrogens with zero attached hydrogens (tertiary/aromatic N) is 6. The Kier molecular flexibility index (Phi) is 18.8. The van der Waals surface area contributed by atoms with Crippen molar-refractivity contribution in [3.05, 3.63) is 167 Å². The number of fused-ring (bicyclic) bond motifs is 23. The summed E-state index contributed by atoms with van der Waals surface area (Å²) in [6.45, 7) is 27.4. The topological polar surface area (TPSA) is 108 Å². The minimum Gasteiger partial charge on any atom is -0.393 e. The van der Waals surface area contributed by atoms with Gasteiger partial charge in [0.25, 0.3) is 0 Å². The number of aliphatic hydroxyl groups excluding tert-OH is 1. The maximum Gasteiger partial charge on any atom is 0.147 e. The number of imidazole rings is 3. The molecule has 0 bridgehead atoms. The van der Waals surface area contributed by atoms with Crippen molar-refractivity contribution in [2.24, 2.45) is 132 Å². The number of hydrogen-bond acceptors (Lipinski definition) is 6. The Morgan fingerprint density at radius 2 is 0.688 bits per heavy atom. The molecule has 9 nitrogen and oxygen atoms in total. The molecule has 0 aliphatic heterocycles. The van der Waals surface area contributed by atoms with E-state index in [4.69, 9.17) is 16.6 Å². The molecule has 10 heteroatoms. The first-order chi connectivity index (χ1) is 53.9. The van der Waals surface area contributed by atoms with E-state index in [1.54, 1.807) is 16.7 Å². The second-order valence-electron chi connectivity index (χ2n) is 42.1. The highest BCUT2D eigenvalue weighted by Gasteiger charge is 2.63. The molecule has 3 aromatic heterocycles. The zero-order valence-electron chi connectivity index (χ0n) is 69.6. The normalized spacial score (nSPS) is 42.5. The highest BCUT2D eigenvalue weighted by Crippen LogP contribution is 2.72. The van der Waals surface area contributed by atoms with Crippen LogP contribution in [0, 0.1) is 132 Å². The highest BCUT2D eigenvalue weighted by atomic mass is 35.5. The summed E-state index contributed by atoms with van der Waals surface area (Å²) < 4.78 is 7.02. The standard InChI is InChI=1S/C28H34N2O.C27H34N2.C26H32N2O.C21H29ClO/c1-18-10-12-27(2)20(14-18)8-9-21-22(27)11-13-28(3)23(21)15-19(16-31)26(28)30-17-29-24-6-4-5-7-25(24)30;1-18-12-14-26(2)19(16-18)8-9-20-21-10-11-25(27(21,3)15-13-22(20)26)29-17-28-23-6-4-5-7-24(23)29;1-25-13-11-18(29)15-17(25)7-8-19-20-9-10-24(26(20,2)14-12-21(19)25)28-16-27-22-5-3-4-6-23(22)28;1-13-6-8-20(2)15(10-13)4-5-16-17(20)7-9-21(3)18(16)11-14(12-23)19(21)22/h4-8,16-18,21-23H,9-15H2,1-3H3;4-8,11,17-18,20-22H,9-10,12-16H2,1-3H3;3-7,10,16,18-21,29H,8-9,11-15H2,1-2H3;4,12-13,16-18H,5-11H2,1-3H3/t18-,21?,22?,23?,27-,28-;18-,20?,21?,22?,26-,27-;18-,19?,20?,21?,25-,26-;13-,16?,17?,18?,20-,21-/m0000/s1. The van der Waals surface area contributed by atoms with Crippen LogP contribution in [0.3, 0.4) is 0 Å². The quantitative estimate of drug-likeness (QED) is 0.136. The van der Waals surface area contributed by atoms with Gasteiger partial charge in [0.2, 0.25) is 0 Å². The molecule has 592 valence electrons. The second-order valence-corrected chi connectivity index (χ2v) is 42.5. The Balaban J connectivity index is 0.000000101. The van der Waals surface area contributed by atoms with Crippen LogP contribution in [0.5, 0.6) is 0 Å². The van der Waals surface area contributed by atoms with Gasteiger partial charge in [-0.15, -0.1) is 0 Å². The number of aliphatic hydroxyl groups is 1. The van der Waals surface area contributed by atoms with E-state index in [0.717, 1.165) is 154 Å². The SMILES string of the molecule is C[C@H]1CC[C@@]2(C)C(=CCC3C2CC[C@]2(C)C(Cl)=C(C=O)CC32)C1.C[C@H]1CC[C@@]2(C)C(=CCC3C2CC[C@]2(C)C(n4cnc5ccccc54)=C(C=O)CC32)C1.C[C@H]1CC[C@@]2(C)C(=CCC3C2CC[C@]2(C)C(n4cnc5ccccc54)=CCC32)C1.C[C@]12CC[C@H](O)CC1=CCC1C2CC[C@]2(C)C(n3cnc4ccccc43)=CCC12.